The van der Waals surface area contributed by atoms with Gasteiger partial charge >= 0.3 is 0 Å². The van der Waals surface area contributed by atoms with Gasteiger partial charge in [0.15, 0.2) is 0 Å². The summed E-state index contributed by atoms with van der Waals surface area (Å²) in [7, 11) is 0. The molecule has 0 saturated carbocycles. The lowest BCUT2D eigenvalue weighted by molar-refractivity contribution is 1.03. The van der Waals surface area contributed by atoms with Crippen LogP contribution >= 0.6 is 11.8 Å². The van der Waals surface area contributed by atoms with E-state index in [2.05, 4.69) is 22.7 Å². The maximum Gasteiger partial charge on any atom is 0.128 e. The lowest BCUT2D eigenvalue weighted by atomic mass is 10.2. The molecule has 49 valence electrons. The lowest BCUT2D eigenvalue weighted by Crippen LogP contribution is -1.90. The van der Waals surface area contributed by atoms with Crippen LogP contribution in [0.25, 0.3) is 0 Å². The molecule has 1 aromatic carbocycles. The molecular weight excluding hydrogens is 142 g/mol. The summed E-state index contributed by atoms with van der Waals surface area (Å²) in [5, 5.41) is 0. The third-order valence-corrected chi connectivity index (χ3v) is 2.28. The Morgan fingerprint density at radius 3 is 3.20 bits per heavy atom. The summed E-state index contributed by atoms with van der Waals surface area (Å²) >= 11 is 1.57. The van der Waals surface area contributed by atoms with Crippen molar-refractivity contribution in [2.45, 2.75) is 11.4 Å². The van der Waals surface area contributed by atoms with Crippen molar-refractivity contribution in [1.82, 2.24) is 0 Å². The summed E-state index contributed by atoms with van der Waals surface area (Å²) in [5.74, 6) is 0. The maximum absolute atomic E-state index is 4.03. The number of benzene rings is 1. The predicted molar refractivity (Wildman–Crippen MR) is 43.4 cm³/mol. The molecule has 0 spiro atoms. The summed E-state index contributed by atoms with van der Waals surface area (Å²) in [6.07, 6.45) is 0. The summed E-state index contributed by atoms with van der Waals surface area (Å²) in [5.41, 5.74) is 4.19. The minimum atomic E-state index is 0.795. The third kappa shape index (κ3) is 0.948. The molecule has 1 radical (unpaired) electrons. The monoisotopic (exact) mass is 148 g/mol. The van der Waals surface area contributed by atoms with Gasteiger partial charge in [0.2, 0.25) is 0 Å². The fourth-order valence-corrected chi connectivity index (χ4v) is 1.57. The third-order valence-electron chi connectivity index (χ3n) is 1.44. The van der Waals surface area contributed by atoms with Crippen molar-refractivity contribution < 1.29 is 0 Å². The van der Waals surface area contributed by atoms with Crippen molar-refractivity contribution in [1.29, 1.82) is 0 Å². The van der Waals surface area contributed by atoms with E-state index in [-0.39, 0.29) is 0 Å². The van der Waals surface area contributed by atoms with Crippen molar-refractivity contribution in [2.75, 3.05) is 0 Å². The number of nitrogens with zero attached hydrogens (tertiary/aromatic N) is 1. The molecule has 10 heavy (non-hydrogen) atoms. The quantitative estimate of drug-likeness (QED) is 0.549. The van der Waals surface area contributed by atoms with E-state index in [1.54, 1.807) is 11.8 Å². The predicted octanol–water partition coefficient (Wildman–Crippen LogP) is 2.20. The Hall–Kier alpha value is -0.760. The molecule has 0 atom stereocenters. The molecule has 0 N–H and O–H groups in total. The Morgan fingerprint density at radius 2 is 2.30 bits per heavy atom. The molecule has 0 saturated heterocycles. The van der Waals surface area contributed by atoms with Gasteiger partial charge in [0.1, 0.15) is 5.55 Å². The van der Waals surface area contributed by atoms with Crippen molar-refractivity contribution in [2.24, 2.45) is 4.99 Å². The van der Waals surface area contributed by atoms with Gasteiger partial charge in [-0.15, -0.1) is 0 Å². The Kier molecular flexibility index (Phi) is 1.47. The summed E-state index contributed by atoms with van der Waals surface area (Å²) in [4.78, 5) is 5.32. The highest BCUT2D eigenvalue weighted by atomic mass is 32.2. The van der Waals surface area contributed by atoms with Crippen LogP contribution in [-0.2, 0) is 6.54 Å². The molecule has 1 aromatic rings. The number of aliphatic imine (C=N–C) groups is 1. The first-order valence-electron chi connectivity index (χ1n) is 3.13. The van der Waals surface area contributed by atoms with E-state index in [9.17, 15) is 0 Å². The van der Waals surface area contributed by atoms with Gasteiger partial charge in [-0.3, -0.25) is 4.99 Å². The highest BCUT2D eigenvalue weighted by Gasteiger charge is 2.03. The molecule has 1 nitrogen and oxygen atoms in total. The second-order valence-electron chi connectivity index (χ2n) is 2.12. The topological polar surface area (TPSA) is 12.4 Å². The van der Waals surface area contributed by atoms with E-state index < -0.39 is 0 Å². The molecule has 1 aliphatic rings. The van der Waals surface area contributed by atoms with Gasteiger partial charge in [0.05, 0.1) is 6.54 Å². The Labute approximate surface area is 64.2 Å². The van der Waals surface area contributed by atoms with Crippen LogP contribution in [0.3, 0.4) is 0 Å². The maximum atomic E-state index is 4.03. The van der Waals surface area contributed by atoms with Crippen molar-refractivity contribution in [3.05, 3.63) is 29.8 Å². The fourth-order valence-electron chi connectivity index (χ4n) is 0.933. The SMILES string of the molecule is [C]1=NCc2ccccc2S1. The standard InChI is InChI=1S/C8H6NS/c1-2-4-8-7(3-1)5-9-6-10-8/h1-4H,5H2. The average Bonchev–Trinajstić information content (AvgIpc) is 2.05. The van der Waals surface area contributed by atoms with E-state index >= 15 is 0 Å². The number of hydrogen-bond donors (Lipinski definition) is 0. The normalized spacial score (nSPS) is 14.8. The summed E-state index contributed by atoms with van der Waals surface area (Å²) in [6, 6.07) is 8.29. The molecule has 2 heteroatoms. The number of fused-ring (bicyclic) bond motifs is 1. The largest absolute Gasteiger partial charge is 0.270 e. The van der Waals surface area contributed by atoms with Crippen LogP contribution < -0.4 is 0 Å². The first-order chi connectivity index (χ1) is 4.97. The Morgan fingerprint density at radius 1 is 1.40 bits per heavy atom. The number of rotatable bonds is 0. The van der Waals surface area contributed by atoms with Crippen LogP contribution in [-0.4, -0.2) is 5.55 Å². The van der Waals surface area contributed by atoms with E-state index in [0.717, 1.165) is 6.54 Å². The number of thioether (sulfide) groups is 1. The summed E-state index contributed by atoms with van der Waals surface area (Å²) < 4.78 is 0. The Bertz CT molecular complexity index is 241. The molecule has 0 bridgehead atoms. The molecule has 0 aliphatic carbocycles. The van der Waals surface area contributed by atoms with E-state index in [4.69, 9.17) is 0 Å². The zero-order valence-corrected chi connectivity index (χ0v) is 6.19. The molecule has 0 aromatic heterocycles. The number of hydrogen-bond acceptors (Lipinski definition) is 2. The minimum Gasteiger partial charge on any atom is -0.270 e. The Balaban J connectivity index is 2.47. The lowest BCUT2D eigenvalue weighted by Gasteiger charge is -2.06. The van der Waals surface area contributed by atoms with Crippen LogP contribution in [0.15, 0.2) is 34.2 Å². The van der Waals surface area contributed by atoms with Crippen molar-refractivity contribution in [3.8, 4) is 0 Å². The highest BCUT2D eigenvalue weighted by Crippen LogP contribution is 2.24. The molecular formula is C8H6NS. The van der Waals surface area contributed by atoms with Gasteiger partial charge in [0, 0.05) is 4.90 Å². The van der Waals surface area contributed by atoms with Gasteiger partial charge in [-0.05, 0) is 11.6 Å². The molecule has 0 fully saturated rings. The average molecular weight is 148 g/mol. The molecule has 1 aliphatic heterocycles. The smallest absolute Gasteiger partial charge is 0.128 e. The van der Waals surface area contributed by atoms with Crippen LogP contribution in [0, 0.1) is 0 Å². The van der Waals surface area contributed by atoms with Crippen LogP contribution in [0.1, 0.15) is 5.56 Å². The molecule has 0 unspecified atom stereocenters. The zero-order valence-electron chi connectivity index (χ0n) is 5.37. The van der Waals surface area contributed by atoms with Crippen molar-refractivity contribution >= 4 is 17.3 Å². The summed E-state index contributed by atoms with van der Waals surface area (Å²) in [6.45, 7) is 0.795. The second-order valence-corrected chi connectivity index (χ2v) is 2.94. The van der Waals surface area contributed by atoms with Crippen LogP contribution in [0.4, 0.5) is 0 Å². The molecule has 2 rings (SSSR count). The first kappa shape index (κ1) is 5.98. The van der Waals surface area contributed by atoms with Crippen molar-refractivity contribution in [3.63, 3.8) is 0 Å². The minimum absolute atomic E-state index is 0.795. The molecule has 1 heterocycles. The highest BCUT2D eigenvalue weighted by molar-refractivity contribution is 8.12. The van der Waals surface area contributed by atoms with Gasteiger partial charge in [0.25, 0.3) is 0 Å². The van der Waals surface area contributed by atoms with Gasteiger partial charge in [-0.25, -0.2) is 0 Å². The van der Waals surface area contributed by atoms with Gasteiger partial charge in [-0.2, -0.15) is 0 Å². The van der Waals surface area contributed by atoms with Gasteiger partial charge in [-0.1, -0.05) is 30.0 Å². The van der Waals surface area contributed by atoms with E-state index in [0.29, 0.717) is 0 Å². The zero-order chi connectivity index (χ0) is 6.81. The molecule has 0 amide bonds. The van der Waals surface area contributed by atoms with Crippen LogP contribution in [0.2, 0.25) is 0 Å². The fraction of sp³-hybridized carbons (Fsp3) is 0.125. The van der Waals surface area contributed by atoms with Gasteiger partial charge < -0.3 is 0 Å². The first-order valence-corrected chi connectivity index (χ1v) is 3.95. The van der Waals surface area contributed by atoms with E-state index in [1.165, 1.54) is 10.5 Å². The van der Waals surface area contributed by atoms with Crippen LogP contribution in [0.5, 0.6) is 0 Å². The van der Waals surface area contributed by atoms with E-state index in [1.807, 2.05) is 12.1 Å². The second kappa shape index (κ2) is 2.46.